The summed E-state index contributed by atoms with van der Waals surface area (Å²) in [6.45, 7) is 4.10. The minimum atomic E-state index is -3.70. The van der Waals surface area contributed by atoms with E-state index in [1.807, 2.05) is 19.9 Å². The van der Waals surface area contributed by atoms with Gasteiger partial charge in [0, 0.05) is 22.8 Å². The van der Waals surface area contributed by atoms with E-state index < -0.39 is 15.9 Å². The van der Waals surface area contributed by atoms with Crippen molar-refractivity contribution in [1.82, 2.24) is 0 Å². The summed E-state index contributed by atoms with van der Waals surface area (Å²) in [5.74, 6) is 0.0876. The van der Waals surface area contributed by atoms with Crippen molar-refractivity contribution in [2.24, 2.45) is 5.73 Å². The number of rotatable bonds is 3. The fraction of sp³-hybridized carbons (Fsp3) is 0.235. The van der Waals surface area contributed by atoms with Crippen LogP contribution in [0.1, 0.15) is 21.5 Å². The zero-order valence-corrected chi connectivity index (χ0v) is 15.1. The molecule has 24 heavy (non-hydrogen) atoms. The van der Waals surface area contributed by atoms with Crippen molar-refractivity contribution in [3.63, 3.8) is 0 Å². The summed E-state index contributed by atoms with van der Waals surface area (Å²) in [6.07, 6.45) is 0. The van der Waals surface area contributed by atoms with Gasteiger partial charge in [-0.3, -0.25) is 9.10 Å². The molecule has 0 aliphatic carbocycles. The minimum Gasteiger partial charge on any atom is -0.366 e. The summed E-state index contributed by atoms with van der Waals surface area (Å²) in [5, 5.41) is 0. The van der Waals surface area contributed by atoms with Gasteiger partial charge in [-0.1, -0.05) is 6.07 Å². The first-order chi connectivity index (χ1) is 11.3. The molecule has 0 radical (unpaired) electrons. The molecule has 0 fully saturated rings. The van der Waals surface area contributed by atoms with Crippen molar-refractivity contribution in [2.45, 2.75) is 23.6 Å². The Kier molecular flexibility index (Phi) is 4.31. The molecular formula is C17H18N2O3S2. The van der Waals surface area contributed by atoms with Crippen LogP contribution in [0.15, 0.2) is 46.2 Å². The lowest BCUT2D eigenvalue weighted by Crippen LogP contribution is -2.35. The van der Waals surface area contributed by atoms with E-state index >= 15 is 0 Å². The number of hydrogen-bond acceptors (Lipinski definition) is 4. The van der Waals surface area contributed by atoms with Crippen LogP contribution in [0.5, 0.6) is 0 Å². The Labute approximate surface area is 145 Å². The van der Waals surface area contributed by atoms with Crippen LogP contribution in [0.3, 0.4) is 0 Å². The van der Waals surface area contributed by atoms with E-state index in [0.717, 1.165) is 16.0 Å². The Morgan fingerprint density at radius 2 is 1.79 bits per heavy atom. The summed E-state index contributed by atoms with van der Waals surface area (Å²) in [6, 6.07) is 10.2. The number of fused-ring (bicyclic) bond motifs is 1. The molecule has 2 N–H and O–H groups in total. The third kappa shape index (κ3) is 3.01. The topological polar surface area (TPSA) is 80.5 Å². The van der Waals surface area contributed by atoms with Gasteiger partial charge in [-0.15, -0.1) is 11.8 Å². The number of anilines is 1. The number of carbonyl (C=O) groups excluding carboxylic acids is 1. The average Bonchev–Trinajstić information content (AvgIpc) is 2.52. The first-order valence-electron chi connectivity index (χ1n) is 7.47. The summed E-state index contributed by atoms with van der Waals surface area (Å²) in [4.78, 5) is 12.5. The van der Waals surface area contributed by atoms with E-state index in [2.05, 4.69) is 0 Å². The van der Waals surface area contributed by atoms with Crippen LogP contribution in [-0.2, 0) is 10.0 Å². The molecule has 1 amide bonds. The average molecular weight is 362 g/mol. The molecule has 0 spiro atoms. The van der Waals surface area contributed by atoms with E-state index in [4.69, 9.17) is 5.73 Å². The summed E-state index contributed by atoms with van der Waals surface area (Å²) in [7, 11) is -3.70. The highest BCUT2D eigenvalue weighted by Gasteiger charge is 2.30. The predicted molar refractivity (Wildman–Crippen MR) is 96.1 cm³/mol. The molecule has 0 atom stereocenters. The highest BCUT2D eigenvalue weighted by molar-refractivity contribution is 8.00. The van der Waals surface area contributed by atoms with Gasteiger partial charge in [-0.05, 0) is 55.3 Å². The lowest BCUT2D eigenvalue weighted by atomic mass is 10.2. The Bertz CT molecular complexity index is 903. The second-order valence-electron chi connectivity index (χ2n) is 5.80. The fourth-order valence-corrected chi connectivity index (χ4v) is 5.62. The van der Waals surface area contributed by atoms with Gasteiger partial charge >= 0.3 is 0 Å². The first kappa shape index (κ1) is 16.9. The second-order valence-corrected chi connectivity index (χ2v) is 8.79. The SMILES string of the molecule is Cc1cc(C)cc(S(=O)(=O)N2CCSc3ccc(C(N)=O)cc32)c1. The maximum atomic E-state index is 13.1. The molecule has 1 aliphatic heterocycles. The zero-order valence-electron chi connectivity index (χ0n) is 13.4. The van der Waals surface area contributed by atoms with Gasteiger partial charge in [0.1, 0.15) is 0 Å². The molecule has 7 heteroatoms. The molecule has 0 bridgehead atoms. The van der Waals surface area contributed by atoms with Crippen LogP contribution < -0.4 is 10.0 Å². The van der Waals surface area contributed by atoms with Gasteiger partial charge in [0.2, 0.25) is 5.91 Å². The van der Waals surface area contributed by atoms with Crippen LogP contribution in [-0.4, -0.2) is 26.6 Å². The third-order valence-electron chi connectivity index (χ3n) is 3.85. The molecule has 2 aromatic carbocycles. The van der Waals surface area contributed by atoms with Crippen molar-refractivity contribution in [3.05, 3.63) is 53.1 Å². The van der Waals surface area contributed by atoms with Gasteiger partial charge in [-0.25, -0.2) is 8.42 Å². The standard InChI is InChI=1S/C17H18N2O3S2/c1-11-7-12(2)9-14(8-11)24(21,22)19-5-6-23-16-4-3-13(17(18)20)10-15(16)19/h3-4,7-10H,5-6H2,1-2H3,(H2,18,20). The van der Waals surface area contributed by atoms with Crippen LogP contribution in [0, 0.1) is 13.8 Å². The summed E-state index contributed by atoms with van der Waals surface area (Å²) in [5.41, 5.74) is 7.95. The summed E-state index contributed by atoms with van der Waals surface area (Å²) >= 11 is 1.57. The van der Waals surface area contributed by atoms with Crippen LogP contribution in [0.2, 0.25) is 0 Å². The first-order valence-corrected chi connectivity index (χ1v) is 9.89. The van der Waals surface area contributed by atoms with Crippen LogP contribution in [0.25, 0.3) is 0 Å². The van der Waals surface area contributed by atoms with Crippen molar-refractivity contribution < 1.29 is 13.2 Å². The number of aryl methyl sites for hydroxylation is 2. The molecule has 1 heterocycles. The molecule has 1 aliphatic rings. The molecule has 3 rings (SSSR count). The van der Waals surface area contributed by atoms with Crippen molar-refractivity contribution in [3.8, 4) is 0 Å². The molecular weight excluding hydrogens is 344 g/mol. The smallest absolute Gasteiger partial charge is 0.264 e. The van der Waals surface area contributed by atoms with Gasteiger partial charge in [-0.2, -0.15) is 0 Å². The fourth-order valence-electron chi connectivity index (χ4n) is 2.81. The summed E-state index contributed by atoms with van der Waals surface area (Å²) < 4.78 is 27.6. The van der Waals surface area contributed by atoms with Gasteiger partial charge in [0.15, 0.2) is 0 Å². The highest BCUT2D eigenvalue weighted by Crippen LogP contribution is 2.38. The number of benzene rings is 2. The van der Waals surface area contributed by atoms with Crippen LogP contribution >= 0.6 is 11.8 Å². The van der Waals surface area contributed by atoms with Gasteiger partial charge < -0.3 is 5.73 Å². The van der Waals surface area contributed by atoms with Crippen molar-refractivity contribution in [2.75, 3.05) is 16.6 Å². The number of nitrogens with zero attached hydrogens (tertiary/aromatic N) is 1. The van der Waals surface area contributed by atoms with Crippen LogP contribution in [0.4, 0.5) is 5.69 Å². The molecule has 126 valence electrons. The monoisotopic (exact) mass is 362 g/mol. The molecule has 0 unspecified atom stereocenters. The number of primary amides is 1. The van der Waals surface area contributed by atoms with Crippen molar-refractivity contribution >= 4 is 33.4 Å². The van der Waals surface area contributed by atoms with E-state index in [1.54, 1.807) is 42.1 Å². The van der Waals surface area contributed by atoms with Gasteiger partial charge in [0.05, 0.1) is 10.6 Å². The number of nitrogens with two attached hydrogens (primary N) is 1. The van der Waals surface area contributed by atoms with E-state index in [0.29, 0.717) is 23.5 Å². The molecule has 2 aromatic rings. The number of carbonyl (C=O) groups is 1. The lowest BCUT2D eigenvalue weighted by molar-refractivity contribution is 0.1000. The second kappa shape index (κ2) is 6.14. The van der Waals surface area contributed by atoms with E-state index in [9.17, 15) is 13.2 Å². The molecule has 0 saturated heterocycles. The minimum absolute atomic E-state index is 0.266. The number of hydrogen-bond donors (Lipinski definition) is 1. The Morgan fingerprint density at radius 3 is 2.42 bits per heavy atom. The number of sulfonamides is 1. The molecule has 0 saturated carbocycles. The third-order valence-corrected chi connectivity index (χ3v) is 6.68. The van der Waals surface area contributed by atoms with E-state index in [1.165, 1.54) is 4.31 Å². The van der Waals surface area contributed by atoms with Gasteiger partial charge in [0.25, 0.3) is 10.0 Å². The Balaban J connectivity index is 2.14. The normalized spacial score (nSPS) is 14.3. The van der Waals surface area contributed by atoms with E-state index in [-0.39, 0.29) is 4.90 Å². The number of thioether (sulfide) groups is 1. The lowest BCUT2D eigenvalue weighted by Gasteiger charge is -2.30. The number of amides is 1. The van der Waals surface area contributed by atoms with Crippen molar-refractivity contribution in [1.29, 1.82) is 0 Å². The Hall–Kier alpha value is -1.99. The largest absolute Gasteiger partial charge is 0.366 e. The Morgan fingerprint density at radius 1 is 1.12 bits per heavy atom. The zero-order chi connectivity index (χ0) is 17.5. The maximum Gasteiger partial charge on any atom is 0.264 e. The predicted octanol–water partition coefficient (Wildman–Crippen LogP) is 2.70. The molecule has 0 aromatic heterocycles. The maximum absolute atomic E-state index is 13.1. The quantitative estimate of drug-likeness (QED) is 0.910. The molecule has 5 nitrogen and oxygen atoms in total. The highest BCUT2D eigenvalue weighted by atomic mass is 32.2.